The standard InChI is InChI=1S/C15H26N4O2/c1-2-14(20)19-8-3-13(4-9-19)15(21)17-7-12-18-10-5-16-6-11-18/h2,13,16H,1,3-12H2,(H,17,21). The minimum absolute atomic E-state index is 0.0347. The molecule has 118 valence electrons. The van der Waals surface area contributed by atoms with Crippen LogP contribution in [0.5, 0.6) is 0 Å². The summed E-state index contributed by atoms with van der Waals surface area (Å²) in [5.41, 5.74) is 0. The predicted molar refractivity (Wildman–Crippen MR) is 81.8 cm³/mol. The van der Waals surface area contributed by atoms with E-state index in [4.69, 9.17) is 0 Å². The summed E-state index contributed by atoms with van der Waals surface area (Å²) in [6.07, 6.45) is 2.84. The maximum atomic E-state index is 12.1. The fraction of sp³-hybridized carbons (Fsp3) is 0.733. The third kappa shape index (κ3) is 4.82. The lowest BCUT2D eigenvalue weighted by molar-refractivity contribution is -0.132. The first-order valence-electron chi connectivity index (χ1n) is 7.83. The number of rotatable bonds is 5. The summed E-state index contributed by atoms with van der Waals surface area (Å²) < 4.78 is 0. The number of piperidine rings is 1. The molecule has 2 N–H and O–H groups in total. The quantitative estimate of drug-likeness (QED) is 0.667. The molecule has 0 aromatic heterocycles. The molecule has 0 aromatic rings. The van der Waals surface area contributed by atoms with E-state index >= 15 is 0 Å². The molecular formula is C15H26N4O2. The van der Waals surface area contributed by atoms with Gasteiger partial charge >= 0.3 is 0 Å². The number of hydrogen-bond donors (Lipinski definition) is 2. The second kappa shape index (κ2) is 8.14. The zero-order valence-electron chi connectivity index (χ0n) is 12.6. The van der Waals surface area contributed by atoms with Crippen LogP contribution in [0.25, 0.3) is 0 Å². The summed E-state index contributed by atoms with van der Waals surface area (Å²) in [7, 11) is 0. The molecule has 0 radical (unpaired) electrons. The Bertz CT molecular complexity index is 372. The first-order valence-corrected chi connectivity index (χ1v) is 7.83. The predicted octanol–water partition coefficient (Wildman–Crippen LogP) is -0.568. The van der Waals surface area contributed by atoms with E-state index in [1.165, 1.54) is 6.08 Å². The van der Waals surface area contributed by atoms with Gasteiger partial charge in [0.2, 0.25) is 11.8 Å². The van der Waals surface area contributed by atoms with Gasteiger partial charge in [-0.2, -0.15) is 0 Å². The first kappa shape index (κ1) is 16.0. The van der Waals surface area contributed by atoms with Gasteiger partial charge in [0.1, 0.15) is 0 Å². The van der Waals surface area contributed by atoms with Gasteiger partial charge in [-0.1, -0.05) is 6.58 Å². The van der Waals surface area contributed by atoms with Gasteiger partial charge in [0.05, 0.1) is 0 Å². The molecule has 0 saturated carbocycles. The van der Waals surface area contributed by atoms with Crippen LogP contribution in [0.3, 0.4) is 0 Å². The van der Waals surface area contributed by atoms with E-state index in [0.29, 0.717) is 19.6 Å². The Morgan fingerprint density at radius 2 is 1.86 bits per heavy atom. The largest absolute Gasteiger partial charge is 0.355 e. The summed E-state index contributed by atoms with van der Waals surface area (Å²) in [6.45, 7) is 10.6. The number of carbonyl (C=O) groups is 2. The van der Waals surface area contributed by atoms with Gasteiger partial charge in [0.25, 0.3) is 0 Å². The molecular weight excluding hydrogens is 268 g/mol. The summed E-state index contributed by atoms with van der Waals surface area (Å²) in [5, 5.41) is 6.35. The van der Waals surface area contributed by atoms with Crippen LogP contribution in [0, 0.1) is 5.92 Å². The summed E-state index contributed by atoms with van der Waals surface area (Å²) in [6, 6.07) is 0. The minimum Gasteiger partial charge on any atom is -0.355 e. The molecule has 0 spiro atoms. The van der Waals surface area contributed by atoms with Crippen molar-refractivity contribution in [3.63, 3.8) is 0 Å². The van der Waals surface area contributed by atoms with Gasteiger partial charge in [-0.05, 0) is 18.9 Å². The van der Waals surface area contributed by atoms with Crippen LogP contribution in [0.4, 0.5) is 0 Å². The molecule has 2 aliphatic heterocycles. The fourth-order valence-electron chi connectivity index (χ4n) is 2.91. The molecule has 6 nitrogen and oxygen atoms in total. The SMILES string of the molecule is C=CC(=O)N1CCC(C(=O)NCCN2CCNCC2)CC1. The third-order valence-electron chi connectivity index (χ3n) is 4.29. The second-order valence-corrected chi connectivity index (χ2v) is 5.69. The van der Waals surface area contributed by atoms with Crippen LogP contribution in [0.15, 0.2) is 12.7 Å². The lowest BCUT2D eigenvalue weighted by atomic mass is 9.96. The molecule has 0 bridgehead atoms. The van der Waals surface area contributed by atoms with Crippen molar-refractivity contribution in [3.8, 4) is 0 Å². The highest BCUT2D eigenvalue weighted by Crippen LogP contribution is 2.17. The zero-order chi connectivity index (χ0) is 15.1. The highest BCUT2D eigenvalue weighted by molar-refractivity contribution is 5.87. The maximum absolute atomic E-state index is 12.1. The normalized spacial score (nSPS) is 21.0. The van der Waals surface area contributed by atoms with Crippen LogP contribution in [0.1, 0.15) is 12.8 Å². The number of amides is 2. The smallest absolute Gasteiger partial charge is 0.245 e. The lowest BCUT2D eigenvalue weighted by Crippen LogP contribution is -2.47. The molecule has 0 aliphatic carbocycles. The molecule has 2 heterocycles. The Balaban J connectivity index is 1.63. The van der Waals surface area contributed by atoms with E-state index in [1.807, 2.05) is 0 Å². The molecule has 2 aliphatic rings. The molecule has 2 rings (SSSR count). The first-order chi connectivity index (χ1) is 10.2. The molecule has 2 amide bonds. The fourth-order valence-corrected chi connectivity index (χ4v) is 2.91. The van der Waals surface area contributed by atoms with E-state index in [2.05, 4.69) is 22.1 Å². The number of nitrogens with one attached hydrogen (secondary N) is 2. The monoisotopic (exact) mass is 294 g/mol. The van der Waals surface area contributed by atoms with E-state index < -0.39 is 0 Å². The average Bonchev–Trinajstić information content (AvgIpc) is 2.55. The van der Waals surface area contributed by atoms with Crippen LogP contribution in [0.2, 0.25) is 0 Å². The number of nitrogens with zero attached hydrogens (tertiary/aromatic N) is 2. The van der Waals surface area contributed by atoms with Crippen molar-refractivity contribution in [2.24, 2.45) is 5.92 Å². The van der Waals surface area contributed by atoms with Gasteiger partial charge in [0.15, 0.2) is 0 Å². The van der Waals surface area contributed by atoms with Gasteiger partial charge in [-0.15, -0.1) is 0 Å². The van der Waals surface area contributed by atoms with E-state index in [9.17, 15) is 9.59 Å². The van der Waals surface area contributed by atoms with E-state index in [0.717, 1.165) is 45.6 Å². The topological polar surface area (TPSA) is 64.7 Å². The van der Waals surface area contributed by atoms with Crippen LogP contribution >= 0.6 is 0 Å². The molecule has 21 heavy (non-hydrogen) atoms. The minimum atomic E-state index is -0.0347. The average molecular weight is 294 g/mol. The highest BCUT2D eigenvalue weighted by atomic mass is 16.2. The summed E-state index contributed by atoms with van der Waals surface area (Å²) >= 11 is 0. The van der Waals surface area contributed by atoms with Crippen molar-refractivity contribution < 1.29 is 9.59 Å². The molecule has 0 atom stereocenters. The molecule has 6 heteroatoms. The third-order valence-corrected chi connectivity index (χ3v) is 4.29. The number of piperazine rings is 1. The number of hydrogen-bond acceptors (Lipinski definition) is 4. The van der Waals surface area contributed by atoms with Crippen molar-refractivity contribution in [2.45, 2.75) is 12.8 Å². The Morgan fingerprint density at radius 3 is 2.48 bits per heavy atom. The van der Waals surface area contributed by atoms with Crippen molar-refractivity contribution in [3.05, 3.63) is 12.7 Å². The van der Waals surface area contributed by atoms with Gasteiger partial charge in [-0.25, -0.2) is 0 Å². The lowest BCUT2D eigenvalue weighted by Gasteiger charge is -2.31. The molecule has 0 aromatic carbocycles. The molecule has 2 saturated heterocycles. The van der Waals surface area contributed by atoms with E-state index in [-0.39, 0.29) is 17.7 Å². The highest BCUT2D eigenvalue weighted by Gasteiger charge is 2.26. The number of likely N-dealkylation sites (tertiary alicyclic amines) is 1. The Labute approximate surface area is 126 Å². The van der Waals surface area contributed by atoms with Crippen molar-refractivity contribution in [1.29, 1.82) is 0 Å². The summed E-state index contributed by atoms with van der Waals surface area (Å²) in [4.78, 5) is 27.7. The van der Waals surface area contributed by atoms with Gasteiger partial charge in [-0.3, -0.25) is 14.5 Å². The van der Waals surface area contributed by atoms with Crippen LogP contribution in [-0.2, 0) is 9.59 Å². The Morgan fingerprint density at radius 1 is 1.19 bits per heavy atom. The second-order valence-electron chi connectivity index (χ2n) is 5.69. The molecule has 2 fully saturated rings. The Hall–Kier alpha value is -1.40. The maximum Gasteiger partial charge on any atom is 0.245 e. The summed E-state index contributed by atoms with van der Waals surface area (Å²) in [5.74, 6) is 0.144. The van der Waals surface area contributed by atoms with Crippen LogP contribution < -0.4 is 10.6 Å². The van der Waals surface area contributed by atoms with Crippen molar-refractivity contribution in [2.75, 3.05) is 52.4 Å². The van der Waals surface area contributed by atoms with Gasteiger partial charge in [0, 0.05) is 58.3 Å². The zero-order valence-corrected chi connectivity index (χ0v) is 12.6. The van der Waals surface area contributed by atoms with Gasteiger partial charge < -0.3 is 15.5 Å². The molecule has 0 unspecified atom stereocenters. The van der Waals surface area contributed by atoms with E-state index in [1.54, 1.807) is 4.90 Å². The van der Waals surface area contributed by atoms with Crippen molar-refractivity contribution >= 4 is 11.8 Å². The Kier molecular flexibility index (Phi) is 6.20. The van der Waals surface area contributed by atoms with Crippen molar-refractivity contribution in [1.82, 2.24) is 20.4 Å². The number of carbonyl (C=O) groups excluding carboxylic acids is 2. The van der Waals surface area contributed by atoms with Crippen LogP contribution in [-0.4, -0.2) is 74.0 Å².